The maximum Gasteiger partial charge on any atom is 0.122 e. The van der Waals surface area contributed by atoms with E-state index >= 15 is 0 Å². The summed E-state index contributed by atoms with van der Waals surface area (Å²) in [4.78, 5) is 0. The first-order valence-electron chi connectivity index (χ1n) is 8.66. The van der Waals surface area contributed by atoms with E-state index in [0.717, 1.165) is 37.1 Å². The molecule has 0 radical (unpaired) electrons. The molecule has 0 bridgehead atoms. The van der Waals surface area contributed by atoms with Crippen molar-refractivity contribution in [2.75, 3.05) is 20.2 Å². The fourth-order valence-electron chi connectivity index (χ4n) is 3.62. The standard InChI is InChI=1S/C19H31NO/c1-3-12-20-15-17(13-16-8-4-5-9-16)14-18-10-6-7-11-19(18)21-2/h6-7,10-11,16-17,20H,3-5,8-9,12-15H2,1-2H3. The molecule has 2 rings (SSSR count). The molecule has 0 amide bonds. The lowest BCUT2D eigenvalue weighted by Gasteiger charge is -2.22. The Morgan fingerprint density at radius 2 is 2.00 bits per heavy atom. The van der Waals surface area contributed by atoms with Gasteiger partial charge in [0.05, 0.1) is 7.11 Å². The van der Waals surface area contributed by atoms with Crippen LogP contribution in [0.2, 0.25) is 0 Å². The molecule has 1 aliphatic rings. The lowest BCUT2D eigenvalue weighted by molar-refractivity contribution is 0.350. The van der Waals surface area contributed by atoms with Crippen molar-refractivity contribution in [3.8, 4) is 5.75 Å². The number of ether oxygens (including phenoxy) is 1. The highest BCUT2D eigenvalue weighted by atomic mass is 16.5. The van der Waals surface area contributed by atoms with Gasteiger partial charge in [-0.15, -0.1) is 0 Å². The summed E-state index contributed by atoms with van der Waals surface area (Å²) < 4.78 is 5.52. The third-order valence-corrected chi connectivity index (χ3v) is 4.70. The van der Waals surface area contributed by atoms with Gasteiger partial charge in [0.25, 0.3) is 0 Å². The summed E-state index contributed by atoms with van der Waals surface area (Å²) in [7, 11) is 1.78. The Bertz CT molecular complexity index is 398. The lowest BCUT2D eigenvalue weighted by Crippen LogP contribution is -2.26. The van der Waals surface area contributed by atoms with Crippen LogP contribution in [-0.2, 0) is 6.42 Å². The molecule has 0 heterocycles. The van der Waals surface area contributed by atoms with E-state index in [2.05, 4.69) is 36.5 Å². The molecule has 2 nitrogen and oxygen atoms in total. The summed E-state index contributed by atoms with van der Waals surface area (Å²) in [6.45, 7) is 4.51. The number of methoxy groups -OCH3 is 1. The molecule has 1 atom stereocenters. The summed E-state index contributed by atoms with van der Waals surface area (Å²) >= 11 is 0. The molecule has 118 valence electrons. The van der Waals surface area contributed by atoms with Crippen molar-refractivity contribution in [3.63, 3.8) is 0 Å². The quantitative estimate of drug-likeness (QED) is 0.679. The minimum atomic E-state index is 0.732. The second-order valence-corrected chi connectivity index (χ2v) is 6.47. The van der Waals surface area contributed by atoms with E-state index in [1.807, 2.05) is 0 Å². The van der Waals surface area contributed by atoms with Gasteiger partial charge in [0.1, 0.15) is 5.75 Å². The molecule has 1 fully saturated rings. The van der Waals surface area contributed by atoms with Crippen LogP contribution >= 0.6 is 0 Å². The van der Waals surface area contributed by atoms with E-state index in [1.165, 1.54) is 44.1 Å². The Morgan fingerprint density at radius 1 is 1.24 bits per heavy atom. The molecular weight excluding hydrogens is 258 g/mol. The van der Waals surface area contributed by atoms with Gasteiger partial charge in [-0.1, -0.05) is 50.8 Å². The summed E-state index contributed by atoms with van der Waals surface area (Å²) in [5.41, 5.74) is 1.36. The summed E-state index contributed by atoms with van der Waals surface area (Å²) in [6.07, 6.45) is 9.48. The predicted molar refractivity (Wildman–Crippen MR) is 89.9 cm³/mol. The van der Waals surface area contributed by atoms with Gasteiger partial charge in [0.2, 0.25) is 0 Å². The molecule has 1 saturated carbocycles. The van der Waals surface area contributed by atoms with E-state index in [0.29, 0.717) is 0 Å². The number of hydrogen-bond donors (Lipinski definition) is 1. The molecule has 0 aromatic heterocycles. The number of nitrogens with one attached hydrogen (secondary N) is 1. The van der Waals surface area contributed by atoms with Gasteiger partial charge in [-0.05, 0) is 55.8 Å². The van der Waals surface area contributed by atoms with E-state index < -0.39 is 0 Å². The van der Waals surface area contributed by atoms with Crippen molar-refractivity contribution in [2.45, 2.75) is 51.9 Å². The van der Waals surface area contributed by atoms with Crippen LogP contribution in [0, 0.1) is 11.8 Å². The van der Waals surface area contributed by atoms with Gasteiger partial charge in [0.15, 0.2) is 0 Å². The van der Waals surface area contributed by atoms with Gasteiger partial charge >= 0.3 is 0 Å². The molecule has 1 N–H and O–H groups in total. The van der Waals surface area contributed by atoms with E-state index in [-0.39, 0.29) is 0 Å². The van der Waals surface area contributed by atoms with Crippen molar-refractivity contribution in [3.05, 3.63) is 29.8 Å². The van der Waals surface area contributed by atoms with Crippen LogP contribution in [0.25, 0.3) is 0 Å². The SMILES string of the molecule is CCCNCC(Cc1ccccc1OC)CC1CCCC1. The fraction of sp³-hybridized carbons (Fsp3) is 0.684. The first kappa shape index (κ1) is 16.4. The average Bonchev–Trinajstić information content (AvgIpc) is 3.01. The zero-order chi connectivity index (χ0) is 14.9. The molecule has 2 heteroatoms. The molecule has 1 aliphatic carbocycles. The van der Waals surface area contributed by atoms with Gasteiger partial charge in [-0.25, -0.2) is 0 Å². The zero-order valence-corrected chi connectivity index (χ0v) is 13.7. The monoisotopic (exact) mass is 289 g/mol. The highest BCUT2D eigenvalue weighted by Crippen LogP contribution is 2.32. The smallest absolute Gasteiger partial charge is 0.122 e. The van der Waals surface area contributed by atoms with Crippen LogP contribution in [0.3, 0.4) is 0 Å². The minimum Gasteiger partial charge on any atom is -0.496 e. The summed E-state index contributed by atoms with van der Waals surface area (Å²) in [5, 5.41) is 3.63. The van der Waals surface area contributed by atoms with Crippen molar-refractivity contribution >= 4 is 0 Å². The van der Waals surface area contributed by atoms with Crippen LogP contribution in [0.15, 0.2) is 24.3 Å². The van der Waals surface area contributed by atoms with Crippen LogP contribution < -0.4 is 10.1 Å². The van der Waals surface area contributed by atoms with E-state index in [1.54, 1.807) is 7.11 Å². The van der Waals surface area contributed by atoms with Crippen molar-refractivity contribution in [1.29, 1.82) is 0 Å². The summed E-state index contributed by atoms with van der Waals surface area (Å²) in [6, 6.07) is 8.50. The number of para-hydroxylation sites is 1. The predicted octanol–water partition coefficient (Wildman–Crippen LogP) is 4.43. The van der Waals surface area contributed by atoms with Crippen LogP contribution in [0.1, 0.15) is 51.0 Å². The molecule has 1 unspecified atom stereocenters. The average molecular weight is 289 g/mol. The summed E-state index contributed by atoms with van der Waals surface area (Å²) in [5.74, 6) is 2.73. The second-order valence-electron chi connectivity index (χ2n) is 6.47. The topological polar surface area (TPSA) is 21.3 Å². The lowest BCUT2D eigenvalue weighted by atomic mass is 9.88. The molecular formula is C19H31NO. The molecule has 1 aromatic rings. The van der Waals surface area contributed by atoms with Crippen molar-refractivity contribution < 1.29 is 4.74 Å². The second kappa shape index (κ2) is 9.09. The molecule has 21 heavy (non-hydrogen) atoms. The molecule has 1 aromatic carbocycles. The van der Waals surface area contributed by atoms with Crippen LogP contribution in [-0.4, -0.2) is 20.2 Å². The number of benzene rings is 1. The van der Waals surface area contributed by atoms with Crippen LogP contribution in [0.4, 0.5) is 0 Å². The maximum atomic E-state index is 5.52. The highest BCUT2D eigenvalue weighted by Gasteiger charge is 2.21. The van der Waals surface area contributed by atoms with E-state index in [9.17, 15) is 0 Å². The number of hydrogen-bond acceptors (Lipinski definition) is 2. The Balaban J connectivity index is 1.95. The van der Waals surface area contributed by atoms with Crippen LogP contribution in [0.5, 0.6) is 5.75 Å². The largest absolute Gasteiger partial charge is 0.496 e. The molecule has 0 spiro atoms. The Hall–Kier alpha value is -1.02. The first-order valence-corrected chi connectivity index (χ1v) is 8.66. The van der Waals surface area contributed by atoms with Gasteiger partial charge < -0.3 is 10.1 Å². The fourth-order valence-corrected chi connectivity index (χ4v) is 3.62. The van der Waals surface area contributed by atoms with Gasteiger partial charge in [0, 0.05) is 0 Å². The third kappa shape index (κ3) is 5.35. The normalized spacial score (nSPS) is 17.0. The Kier molecular flexibility index (Phi) is 7.08. The molecule has 0 saturated heterocycles. The minimum absolute atomic E-state index is 0.732. The highest BCUT2D eigenvalue weighted by molar-refractivity contribution is 5.33. The molecule has 0 aliphatic heterocycles. The maximum absolute atomic E-state index is 5.52. The van der Waals surface area contributed by atoms with Gasteiger partial charge in [-0.2, -0.15) is 0 Å². The zero-order valence-electron chi connectivity index (χ0n) is 13.7. The third-order valence-electron chi connectivity index (χ3n) is 4.70. The number of rotatable bonds is 9. The Labute approximate surface area is 130 Å². The van der Waals surface area contributed by atoms with Crippen molar-refractivity contribution in [2.24, 2.45) is 11.8 Å². The van der Waals surface area contributed by atoms with E-state index in [4.69, 9.17) is 4.74 Å². The first-order chi connectivity index (χ1) is 10.3. The van der Waals surface area contributed by atoms with Gasteiger partial charge in [-0.3, -0.25) is 0 Å². The van der Waals surface area contributed by atoms with Crippen molar-refractivity contribution in [1.82, 2.24) is 5.32 Å². The Morgan fingerprint density at radius 3 is 2.71 bits per heavy atom.